The molecule has 0 aromatic heterocycles. The molecule has 0 saturated carbocycles. The number of aliphatic hydroxyl groups excluding tert-OH is 1. The molecule has 134 valence electrons. The van der Waals surface area contributed by atoms with Crippen LogP contribution in [0.5, 0.6) is 5.75 Å². The van der Waals surface area contributed by atoms with E-state index in [0.29, 0.717) is 12.6 Å². The van der Waals surface area contributed by atoms with Gasteiger partial charge in [0, 0.05) is 30.4 Å². The van der Waals surface area contributed by atoms with Crippen molar-refractivity contribution in [2.75, 3.05) is 31.6 Å². The molecule has 1 unspecified atom stereocenters. The van der Waals surface area contributed by atoms with Crippen molar-refractivity contribution in [1.29, 1.82) is 0 Å². The van der Waals surface area contributed by atoms with Crippen LogP contribution in [0.4, 0.5) is 10.1 Å². The van der Waals surface area contributed by atoms with Crippen LogP contribution < -0.4 is 10.1 Å². The second kappa shape index (κ2) is 8.83. The highest BCUT2D eigenvalue weighted by Crippen LogP contribution is 2.23. The number of nitrogens with zero attached hydrogens (tertiary/aromatic N) is 1. The van der Waals surface area contributed by atoms with Crippen LogP contribution in [0.1, 0.15) is 18.4 Å². The Morgan fingerprint density at radius 1 is 1.16 bits per heavy atom. The topological polar surface area (TPSA) is 44.7 Å². The van der Waals surface area contributed by atoms with Gasteiger partial charge in [-0.15, -0.1) is 0 Å². The Labute approximate surface area is 148 Å². The number of nitrogens with one attached hydrogen (secondary N) is 1. The number of halogens is 1. The van der Waals surface area contributed by atoms with Gasteiger partial charge in [-0.05, 0) is 49.7 Å². The molecule has 0 radical (unpaired) electrons. The number of likely N-dealkylation sites (tertiary alicyclic amines) is 1. The Bertz CT molecular complexity index is 663. The van der Waals surface area contributed by atoms with Crippen molar-refractivity contribution in [2.24, 2.45) is 0 Å². The summed E-state index contributed by atoms with van der Waals surface area (Å²) < 4.78 is 18.7. The van der Waals surface area contributed by atoms with Gasteiger partial charge in [-0.25, -0.2) is 4.39 Å². The molecular weight excluding hydrogens is 319 g/mol. The zero-order valence-corrected chi connectivity index (χ0v) is 14.3. The lowest BCUT2D eigenvalue weighted by atomic mass is 10.0. The van der Waals surface area contributed by atoms with Gasteiger partial charge in [0.05, 0.1) is 6.61 Å². The quantitative estimate of drug-likeness (QED) is 0.809. The number of aliphatic hydroxyl groups is 1. The molecule has 1 aliphatic rings. The molecular formula is C20H25FN2O2. The number of benzene rings is 2. The van der Waals surface area contributed by atoms with E-state index in [2.05, 4.69) is 16.3 Å². The Morgan fingerprint density at radius 3 is 2.76 bits per heavy atom. The fourth-order valence-corrected chi connectivity index (χ4v) is 3.27. The summed E-state index contributed by atoms with van der Waals surface area (Å²) in [6.07, 6.45) is 2.23. The van der Waals surface area contributed by atoms with Gasteiger partial charge in [0.15, 0.2) is 0 Å². The summed E-state index contributed by atoms with van der Waals surface area (Å²) in [7, 11) is 0. The van der Waals surface area contributed by atoms with Gasteiger partial charge >= 0.3 is 0 Å². The number of ether oxygens (including phenoxy) is 1. The van der Waals surface area contributed by atoms with Gasteiger partial charge in [-0.2, -0.15) is 0 Å². The average molecular weight is 344 g/mol. The summed E-state index contributed by atoms with van der Waals surface area (Å²) in [4.78, 5) is 2.41. The van der Waals surface area contributed by atoms with Crippen molar-refractivity contribution in [3.05, 3.63) is 59.9 Å². The van der Waals surface area contributed by atoms with E-state index in [0.717, 1.165) is 49.5 Å². The average Bonchev–Trinajstić information content (AvgIpc) is 2.63. The van der Waals surface area contributed by atoms with Gasteiger partial charge in [0.1, 0.15) is 18.2 Å². The first-order valence-electron chi connectivity index (χ1n) is 8.80. The van der Waals surface area contributed by atoms with Crippen LogP contribution in [0, 0.1) is 5.82 Å². The third kappa shape index (κ3) is 5.18. The lowest BCUT2D eigenvalue weighted by Gasteiger charge is -2.34. The second-order valence-corrected chi connectivity index (χ2v) is 6.41. The molecule has 1 fully saturated rings. The van der Waals surface area contributed by atoms with E-state index in [1.54, 1.807) is 12.1 Å². The minimum Gasteiger partial charge on any atom is -0.491 e. The van der Waals surface area contributed by atoms with Crippen LogP contribution in [0.25, 0.3) is 0 Å². The molecule has 1 saturated heterocycles. The standard InChI is InChI=1S/C20H25FN2O2/c21-17-7-9-18(10-8-17)22-19-5-3-11-23(15-19)14-16-4-1-2-6-20(16)25-13-12-24/h1-2,4,6-10,19,22,24H,3,5,11-15H2. The molecule has 0 bridgehead atoms. The Hall–Kier alpha value is -2.11. The number of hydrogen-bond acceptors (Lipinski definition) is 4. The highest BCUT2D eigenvalue weighted by Gasteiger charge is 2.20. The van der Waals surface area contributed by atoms with Crippen molar-refractivity contribution in [3.63, 3.8) is 0 Å². The maximum absolute atomic E-state index is 13.0. The smallest absolute Gasteiger partial charge is 0.123 e. The Balaban J connectivity index is 1.59. The summed E-state index contributed by atoms with van der Waals surface area (Å²) in [6, 6.07) is 14.9. The zero-order valence-electron chi connectivity index (χ0n) is 14.3. The number of hydrogen-bond donors (Lipinski definition) is 2. The fourth-order valence-electron chi connectivity index (χ4n) is 3.27. The van der Waals surface area contributed by atoms with Crippen molar-refractivity contribution >= 4 is 5.69 Å². The maximum atomic E-state index is 13.0. The largest absolute Gasteiger partial charge is 0.491 e. The van der Waals surface area contributed by atoms with Crippen LogP contribution in [-0.2, 0) is 6.54 Å². The maximum Gasteiger partial charge on any atom is 0.123 e. The van der Waals surface area contributed by atoms with E-state index in [1.807, 2.05) is 18.2 Å². The fraction of sp³-hybridized carbons (Fsp3) is 0.400. The molecule has 4 nitrogen and oxygen atoms in total. The van der Waals surface area contributed by atoms with Gasteiger partial charge in [-0.1, -0.05) is 18.2 Å². The third-order valence-corrected chi connectivity index (χ3v) is 4.44. The first-order chi connectivity index (χ1) is 12.2. The number of anilines is 1. The summed E-state index contributed by atoms with van der Waals surface area (Å²) >= 11 is 0. The molecule has 2 aromatic carbocycles. The molecule has 2 aromatic rings. The summed E-state index contributed by atoms with van der Waals surface area (Å²) in [5, 5.41) is 12.5. The van der Waals surface area contributed by atoms with Crippen LogP contribution in [0.3, 0.4) is 0 Å². The molecule has 0 amide bonds. The van der Waals surface area contributed by atoms with Crippen molar-refractivity contribution in [2.45, 2.75) is 25.4 Å². The number of piperidine rings is 1. The lowest BCUT2D eigenvalue weighted by molar-refractivity contribution is 0.189. The molecule has 2 N–H and O–H groups in total. The first kappa shape index (κ1) is 17.7. The van der Waals surface area contributed by atoms with Crippen molar-refractivity contribution < 1.29 is 14.2 Å². The first-order valence-corrected chi connectivity index (χ1v) is 8.80. The van der Waals surface area contributed by atoms with Crippen LogP contribution in [0.15, 0.2) is 48.5 Å². The van der Waals surface area contributed by atoms with E-state index in [-0.39, 0.29) is 12.4 Å². The minimum atomic E-state index is -0.213. The Kier molecular flexibility index (Phi) is 6.25. The van der Waals surface area contributed by atoms with Gasteiger partial charge in [0.2, 0.25) is 0 Å². The summed E-state index contributed by atoms with van der Waals surface area (Å²) in [5.74, 6) is 0.625. The van der Waals surface area contributed by atoms with Crippen LogP contribution in [-0.4, -0.2) is 42.4 Å². The van der Waals surface area contributed by atoms with E-state index in [1.165, 1.54) is 12.1 Å². The van der Waals surface area contributed by atoms with E-state index in [4.69, 9.17) is 9.84 Å². The highest BCUT2D eigenvalue weighted by molar-refractivity contribution is 5.44. The van der Waals surface area contributed by atoms with Crippen molar-refractivity contribution in [1.82, 2.24) is 4.90 Å². The predicted molar refractivity (Wildman–Crippen MR) is 97.3 cm³/mol. The molecule has 0 aliphatic carbocycles. The van der Waals surface area contributed by atoms with Gasteiger partial charge in [0.25, 0.3) is 0 Å². The number of rotatable bonds is 7. The third-order valence-electron chi connectivity index (χ3n) is 4.44. The molecule has 1 heterocycles. The van der Waals surface area contributed by atoms with Gasteiger partial charge < -0.3 is 15.2 Å². The molecule has 1 atom stereocenters. The van der Waals surface area contributed by atoms with Crippen molar-refractivity contribution in [3.8, 4) is 5.75 Å². The minimum absolute atomic E-state index is 0.0156. The predicted octanol–water partition coefficient (Wildman–Crippen LogP) is 3.27. The molecule has 25 heavy (non-hydrogen) atoms. The Morgan fingerprint density at radius 2 is 1.96 bits per heavy atom. The van der Waals surface area contributed by atoms with Gasteiger partial charge in [-0.3, -0.25) is 4.90 Å². The lowest BCUT2D eigenvalue weighted by Crippen LogP contribution is -2.41. The summed E-state index contributed by atoms with van der Waals surface area (Å²) in [5.41, 5.74) is 2.10. The van der Waals surface area contributed by atoms with E-state index in [9.17, 15) is 4.39 Å². The van der Waals surface area contributed by atoms with E-state index >= 15 is 0 Å². The molecule has 5 heteroatoms. The van der Waals surface area contributed by atoms with Crippen LogP contribution >= 0.6 is 0 Å². The van der Waals surface area contributed by atoms with E-state index < -0.39 is 0 Å². The molecule has 3 rings (SSSR count). The summed E-state index contributed by atoms with van der Waals surface area (Å²) in [6.45, 7) is 3.14. The normalized spacial score (nSPS) is 18.1. The second-order valence-electron chi connectivity index (χ2n) is 6.41. The zero-order chi connectivity index (χ0) is 17.5. The molecule has 1 aliphatic heterocycles. The molecule has 0 spiro atoms. The highest BCUT2D eigenvalue weighted by atomic mass is 19.1. The SMILES string of the molecule is OCCOc1ccccc1CN1CCCC(Nc2ccc(F)cc2)C1. The monoisotopic (exact) mass is 344 g/mol. The number of para-hydroxylation sites is 1. The van der Waals surface area contributed by atoms with Crippen LogP contribution in [0.2, 0.25) is 0 Å².